The van der Waals surface area contributed by atoms with E-state index in [4.69, 9.17) is 4.74 Å². The van der Waals surface area contributed by atoms with Crippen LogP contribution in [-0.4, -0.2) is 42.3 Å². The molecule has 2 aliphatic heterocycles. The maximum Gasteiger partial charge on any atom is 0.286 e. The topological polar surface area (TPSA) is 41.9 Å². The van der Waals surface area contributed by atoms with Crippen molar-refractivity contribution in [3.8, 4) is 0 Å². The Morgan fingerprint density at radius 1 is 1.25 bits per heavy atom. The van der Waals surface area contributed by atoms with Gasteiger partial charge in [0.05, 0.1) is 18.1 Å². The van der Waals surface area contributed by atoms with Crippen molar-refractivity contribution in [2.75, 3.05) is 26.3 Å². The fourth-order valence-corrected chi connectivity index (χ4v) is 3.27. The summed E-state index contributed by atoms with van der Waals surface area (Å²) >= 11 is 1.48. The zero-order chi connectivity index (χ0) is 13.9. The summed E-state index contributed by atoms with van der Waals surface area (Å²) < 4.78 is 5.33. The molecule has 0 atom stereocenters. The van der Waals surface area contributed by atoms with Crippen LogP contribution in [0.25, 0.3) is 5.57 Å². The van der Waals surface area contributed by atoms with Gasteiger partial charge < -0.3 is 9.64 Å². The molecule has 0 aliphatic carbocycles. The number of rotatable bonds is 1. The Bertz CT molecular complexity index is 575. The molecule has 1 saturated heterocycles. The molecule has 104 valence electrons. The first kappa shape index (κ1) is 13.4. The van der Waals surface area contributed by atoms with Gasteiger partial charge in [-0.05, 0) is 29.8 Å². The van der Waals surface area contributed by atoms with E-state index >= 15 is 0 Å². The van der Waals surface area contributed by atoms with E-state index in [1.165, 1.54) is 11.8 Å². The molecule has 4 nitrogen and oxygen atoms in total. The average molecular weight is 288 g/mol. The van der Waals surface area contributed by atoms with Crippen molar-refractivity contribution in [2.24, 2.45) is 4.99 Å². The SMILES string of the molecule is C/C(=C1/SC(N2CCOCC2)=NC1=O)c1ccccc1. The normalized spacial score (nSPS) is 21.9. The molecule has 1 amide bonds. The third kappa shape index (κ3) is 2.64. The summed E-state index contributed by atoms with van der Waals surface area (Å²) in [7, 11) is 0. The fourth-order valence-electron chi connectivity index (χ4n) is 2.24. The fraction of sp³-hybridized carbons (Fsp3) is 0.333. The summed E-state index contributed by atoms with van der Waals surface area (Å²) in [5, 5.41) is 0.809. The Hall–Kier alpha value is -1.59. The molecule has 1 aromatic carbocycles. The Morgan fingerprint density at radius 2 is 1.95 bits per heavy atom. The number of carbonyl (C=O) groups excluding carboxylic acids is 1. The molecule has 0 bridgehead atoms. The lowest BCUT2D eigenvalue weighted by Gasteiger charge is -2.27. The maximum atomic E-state index is 12.1. The Morgan fingerprint density at radius 3 is 2.65 bits per heavy atom. The molecule has 0 unspecified atom stereocenters. The molecule has 0 spiro atoms. The van der Waals surface area contributed by atoms with Crippen molar-refractivity contribution in [2.45, 2.75) is 6.92 Å². The first-order chi connectivity index (χ1) is 9.75. The maximum absolute atomic E-state index is 12.1. The molecule has 2 aliphatic rings. The number of amidine groups is 1. The van der Waals surface area contributed by atoms with Gasteiger partial charge in [-0.3, -0.25) is 4.79 Å². The van der Waals surface area contributed by atoms with Gasteiger partial charge in [0.15, 0.2) is 5.17 Å². The van der Waals surface area contributed by atoms with E-state index in [9.17, 15) is 4.79 Å². The quantitative estimate of drug-likeness (QED) is 0.744. The second-order valence-electron chi connectivity index (χ2n) is 4.72. The van der Waals surface area contributed by atoms with Gasteiger partial charge in [-0.15, -0.1) is 0 Å². The van der Waals surface area contributed by atoms with Crippen LogP contribution < -0.4 is 0 Å². The van der Waals surface area contributed by atoms with Gasteiger partial charge in [0.2, 0.25) is 0 Å². The van der Waals surface area contributed by atoms with Crippen molar-refractivity contribution >= 4 is 28.4 Å². The van der Waals surface area contributed by atoms with Crippen molar-refractivity contribution in [3.05, 3.63) is 40.8 Å². The van der Waals surface area contributed by atoms with E-state index in [0.717, 1.165) is 34.3 Å². The highest BCUT2D eigenvalue weighted by molar-refractivity contribution is 8.18. The predicted octanol–water partition coefficient (Wildman–Crippen LogP) is 2.38. The summed E-state index contributed by atoms with van der Waals surface area (Å²) in [6.07, 6.45) is 0. The molecule has 1 fully saturated rings. The standard InChI is InChI=1S/C15H16N2O2S/c1-11(12-5-3-2-4-6-12)13-14(18)16-15(20-13)17-7-9-19-10-8-17/h2-6H,7-10H2,1H3/b13-11-. The number of thioether (sulfide) groups is 1. The van der Waals surface area contributed by atoms with Crippen LogP contribution in [0.15, 0.2) is 40.2 Å². The van der Waals surface area contributed by atoms with Crippen LogP contribution in [0.3, 0.4) is 0 Å². The number of benzene rings is 1. The lowest BCUT2D eigenvalue weighted by Crippen LogP contribution is -2.38. The molecular weight excluding hydrogens is 272 g/mol. The van der Waals surface area contributed by atoms with E-state index in [0.29, 0.717) is 13.2 Å². The van der Waals surface area contributed by atoms with Crippen LogP contribution in [0, 0.1) is 0 Å². The molecule has 0 saturated carbocycles. The molecule has 2 heterocycles. The predicted molar refractivity (Wildman–Crippen MR) is 81.5 cm³/mol. The monoisotopic (exact) mass is 288 g/mol. The highest BCUT2D eigenvalue weighted by Gasteiger charge is 2.28. The number of ether oxygens (including phenoxy) is 1. The first-order valence-electron chi connectivity index (χ1n) is 6.65. The number of aliphatic imine (C=N–C) groups is 1. The summed E-state index contributed by atoms with van der Waals surface area (Å²) in [4.78, 5) is 19.2. The summed E-state index contributed by atoms with van der Waals surface area (Å²) in [6, 6.07) is 9.97. The third-order valence-electron chi connectivity index (χ3n) is 3.41. The van der Waals surface area contributed by atoms with E-state index in [1.54, 1.807) is 0 Å². The van der Waals surface area contributed by atoms with Crippen LogP contribution >= 0.6 is 11.8 Å². The molecule has 0 radical (unpaired) electrons. The number of carbonyl (C=O) groups is 1. The number of amides is 1. The summed E-state index contributed by atoms with van der Waals surface area (Å²) in [5.41, 5.74) is 2.06. The Labute approximate surface area is 122 Å². The van der Waals surface area contributed by atoms with Crippen LogP contribution in [0.2, 0.25) is 0 Å². The van der Waals surface area contributed by atoms with Gasteiger partial charge in [-0.2, -0.15) is 4.99 Å². The van der Waals surface area contributed by atoms with Crippen molar-refractivity contribution < 1.29 is 9.53 Å². The third-order valence-corrected chi connectivity index (χ3v) is 4.63. The van der Waals surface area contributed by atoms with Crippen molar-refractivity contribution in [1.29, 1.82) is 0 Å². The molecular formula is C15H16N2O2S. The van der Waals surface area contributed by atoms with Gasteiger partial charge in [0.1, 0.15) is 0 Å². The van der Waals surface area contributed by atoms with Crippen molar-refractivity contribution in [3.63, 3.8) is 0 Å². The second-order valence-corrected chi connectivity index (χ2v) is 5.70. The molecule has 0 aromatic heterocycles. The minimum absolute atomic E-state index is 0.127. The highest BCUT2D eigenvalue weighted by Crippen LogP contribution is 2.34. The van der Waals surface area contributed by atoms with Crippen LogP contribution in [0.1, 0.15) is 12.5 Å². The number of hydrogen-bond acceptors (Lipinski definition) is 4. The number of nitrogens with zero attached hydrogens (tertiary/aromatic N) is 2. The van der Waals surface area contributed by atoms with E-state index in [-0.39, 0.29) is 5.91 Å². The summed E-state index contributed by atoms with van der Waals surface area (Å²) in [6.45, 7) is 4.98. The second kappa shape index (κ2) is 5.81. The molecule has 3 rings (SSSR count). The number of hydrogen-bond donors (Lipinski definition) is 0. The average Bonchev–Trinajstić information content (AvgIpc) is 2.90. The lowest BCUT2D eigenvalue weighted by atomic mass is 10.1. The van der Waals surface area contributed by atoms with Gasteiger partial charge in [-0.1, -0.05) is 30.3 Å². The Balaban J connectivity index is 1.82. The molecule has 20 heavy (non-hydrogen) atoms. The minimum atomic E-state index is -0.127. The summed E-state index contributed by atoms with van der Waals surface area (Å²) in [5.74, 6) is -0.127. The molecule has 1 aromatic rings. The van der Waals surface area contributed by atoms with E-state index in [2.05, 4.69) is 9.89 Å². The van der Waals surface area contributed by atoms with Gasteiger partial charge in [0.25, 0.3) is 5.91 Å². The highest BCUT2D eigenvalue weighted by atomic mass is 32.2. The van der Waals surface area contributed by atoms with E-state index < -0.39 is 0 Å². The molecule has 5 heteroatoms. The number of morpholine rings is 1. The zero-order valence-corrected chi connectivity index (χ0v) is 12.2. The van der Waals surface area contributed by atoms with Crippen LogP contribution in [0.4, 0.5) is 0 Å². The van der Waals surface area contributed by atoms with Crippen molar-refractivity contribution in [1.82, 2.24) is 4.90 Å². The van der Waals surface area contributed by atoms with Gasteiger partial charge >= 0.3 is 0 Å². The van der Waals surface area contributed by atoms with Gasteiger partial charge in [-0.25, -0.2) is 0 Å². The largest absolute Gasteiger partial charge is 0.378 e. The lowest BCUT2D eigenvalue weighted by molar-refractivity contribution is -0.113. The smallest absolute Gasteiger partial charge is 0.286 e. The molecule has 0 N–H and O–H groups in total. The van der Waals surface area contributed by atoms with E-state index in [1.807, 2.05) is 37.3 Å². The van der Waals surface area contributed by atoms with Gasteiger partial charge in [0, 0.05) is 13.1 Å². The zero-order valence-electron chi connectivity index (χ0n) is 11.3. The first-order valence-corrected chi connectivity index (χ1v) is 7.47. The Kier molecular flexibility index (Phi) is 3.89. The van der Waals surface area contributed by atoms with Crippen LogP contribution in [-0.2, 0) is 9.53 Å². The van der Waals surface area contributed by atoms with Crippen LogP contribution in [0.5, 0.6) is 0 Å². The number of allylic oxidation sites excluding steroid dienone is 1. The minimum Gasteiger partial charge on any atom is -0.378 e.